The normalized spacial score (nSPS) is 11.8. The number of para-hydroxylation sites is 1. The lowest BCUT2D eigenvalue weighted by atomic mass is 10.1. The molecule has 1 aromatic carbocycles. The summed E-state index contributed by atoms with van der Waals surface area (Å²) in [5.41, 5.74) is 3.02. The lowest BCUT2D eigenvalue weighted by Crippen LogP contribution is -2.51. The van der Waals surface area contributed by atoms with E-state index in [-0.39, 0.29) is 0 Å². The molecule has 0 atom stereocenters. The zero-order valence-electron chi connectivity index (χ0n) is 13.4. The molecule has 0 unspecified atom stereocenters. The summed E-state index contributed by atoms with van der Waals surface area (Å²) in [5.74, 6) is 0. The van der Waals surface area contributed by atoms with Gasteiger partial charge in [0.25, 0.3) is 0 Å². The monoisotopic (exact) mass is 262 g/mol. The fourth-order valence-electron chi connectivity index (χ4n) is 3.31. The van der Waals surface area contributed by atoms with Gasteiger partial charge in [0, 0.05) is 5.56 Å². The van der Waals surface area contributed by atoms with Gasteiger partial charge in [0.05, 0.1) is 19.6 Å². The first-order valence-electron chi connectivity index (χ1n) is 8.12. The van der Waals surface area contributed by atoms with Crippen LogP contribution in [0.5, 0.6) is 0 Å². The quantitative estimate of drug-likeness (QED) is 0.418. The molecule has 1 aromatic rings. The molecule has 0 aromatic heterocycles. The average Bonchev–Trinajstić information content (AvgIpc) is 2.40. The predicted octanol–water partition coefficient (Wildman–Crippen LogP) is 5.31. The van der Waals surface area contributed by atoms with Gasteiger partial charge in [0.1, 0.15) is 5.69 Å². The van der Waals surface area contributed by atoms with E-state index < -0.39 is 0 Å². The van der Waals surface area contributed by atoms with Crippen molar-refractivity contribution in [1.29, 1.82) is 0 Å². The van der Waals surface area contributed by atoms with Crippen molar-refractivity contribution in [3.05, 3.63) is 29.8 Å². The number of hydrogen-bond acceptors (Lipinski definition) is 0. The van der Waals surface area contributed by atoms with E-state index in [1.54, 1.807) is 5.69 Å². The van der Waals surface area contributed by atoms with Gasteiger partial charge in [-0.15, -0.1) is 0 Å². The summed E-state index contributed by atoms with van der Waals surface area (Å²) in [7, 11) is 0. The third kappa shape index (κ3) is 4.35. The minimum atomic E-state index is 1.19. The number of benzene rings is 1. The molecule has 0 heterocycles. The first-order chi connectivity index (χ1) is 9.20. The maximum Gasteiger partial charge on any atom is 0.135 e. The zero-order chi connectivity index (χ0) is 14.1. The van der Waals surface area contributed by atoms with Crippen molar-refractivity contribution in [2.75, 3.05) is 19.6 Å². The summed E-state index contributed by atoms with van der Waals surface area (Å²) < 4.78 is 1.19. The van der Waals surface area contributed by atoms with E-state index in [9.17, 15) is 0 Å². The SMILES string of the molecule is CCCCC[N+](CCC)(CCC)c1ccccc1C. The molecular formula is C18H32N+. The molecule has 0 bridgehead atoms. The van der Waals surface area contributed by atoms with Crippen LogP contribution in [0, 0.1) is 6.92 Å². The van der Waals surface area contributed by atoms with Crippen LogP contribution < -0.4 is 4.48 Å². The van der Waals surface area contributed by atoms with E-state index in [0.29, 0.717) is 0 Å². The molecule has 0 saturated heterocycles. The highest BCUT2D eigenvalue weighted by atomic mass is 15.4. The number of quaternary nitrogens is 1. The minimum Gasteiger partial charge on any atom is -0.291 e. The van der Waals surface area contributed by atoms with Gasteiger partial charge in [-0.1, -0.05) is 45.4 Å². The Hall–Kier alpha value is -0.820. The standard InChI is InChI=1S/C18H32N/c1-5-8-11-16-19(14-6-2,15-7-3)18-13-10-9-12-17(18)4/h9-10,12-13H,5-8,11,14-16H2,1-4H3/q+1. The van der Waals surface area contributed by atoms with Crippen LogP contribution in [0.1, 0.15) is 58.4 Å². The number of nitrogens with zero attached hydrogens (tertiary/aromatic N) is 1. The highest BCUT2D eigenvalue weighted by Crippen LogP contribution is 2.29. The molecule has 0 radical (unpaired) electrons. The highest BCUT2D eigenvalue weighted by Gasteiger charge is 2.29. The van der Waals surface area contributed by atoms with Crippen molar-refractivity contribution in [1.82, 2.24) is 4.48 Å². The van der Waals surface area contributed by atoms with E-state index in [4.69, 9.17) is 0 Å². The molecule has 0 fully saturated rings. The van der Waals surface area contributed by atoms with Gasteiger partial charge in [0.2, 0.25) is 0 Å². The Bertz CT molecular complexity index is 350. The van der Waals surface area contributed by atoms with Crippen LogP contribution in [-0.4, -0.2) is 19.6 Å². The highest BCUT2D eigenvalue weighted by molar-refractivity contribution is 5.49. The third-order valence-corrected chi connectivity index (χ3v) is 4.12. The molecule has 0 aliphatic rings. The van der Waals surface area contributed by atoms with Crippen LogP contribution in [0.25, 0.3) is 0 Å². The van der Waals surface area contributed by atoms with Crippen molar-refractivity contribution in [3.8, 4) is 0 Å². The lowest BCUT2D eigenvalue weighted by Gasteiger charge is -2.39. The Morgan fingerprint density at radius 2 is 1.42 bits per heavy atom. The van der Waals surface area contributed by atoms with Crippen LogP contribution in [0.3, 0.4) is 0 Å². The second-order valence-corrected chi connectivity index (χ2v) is 5.81. The number of hydrogen-bond donors (Lipinski definition) is 0. The van der Waals surface area contributed by atoms with Crippen LogP contribution in [0.4, 0.5) is 5.69 Å². The zero-order valence-corrected chi connectivity index (χ0v) is 13.4. The van der Waals surface area contributed by atoms with Crippen molar-refractivity contribution in [2.24, 2.45) is 0 Å². The van der Waals surface area contributed by atoms with Gasteiger partial charge in [-0.25, -0.2) is 0 Å². The summed E-state index contributed by atoms with van der Waals surface area (Å²) in [4.78, 5) is 0. The van der Waals surface area contributed by atoms with Crippen LogP contribution in [0.2, 0.25) is 0 Å². The van der Waals surface area contributed by atoms with Crippen LogP contribution >= 0.6 is 0 Å². The second-order valence-electron chi connectivity index (χ2n) is 5.81. The molecule has 1 nitrogen and oxygen atoms in total. The molecule has 0 aliphatic carbocycles. The van der Waals surface area contributed by atoms with E-state index in [0.717, 1.165) is 0 Å². The predicted molar refractivity (Wildman–Crippen MR) is 87.7 cm³/mol. The Balaban J connectivity index is 3.03. The Kier molecular flexibility index (Phi) is 7.15. The fraction of sp³-hybridized carbons (Fsp3) is 0.667. The largest absolute Gasteiger partial charge is 0.291 e. The van der Waals surface area contributed by atoms with Gasteiger partial charge >= 0.3 is 0 Å². The molecule has 108 valence electrons. The molecule has 0 saturated carbocycles. The van der Waals surface area contributed by atoms with Gasteiger partial charge in [-0.2, -0.15) is 0 Å². The number of aryl methyl sites for hydroxylation is 1. The van der Waals surface area contributed by atoms with E-state index in [1.807, 2.05) is 0 Å². The van der Waals surface area contributed by atoms with Gasteiger partial charge in [-0.05, 0) is 38.7 Å². The maximum absolute atomic E-state index is 2.35. The average molecular weight is 262 g/mol. The van der Waals surface area contributed by atoms with Gasteiger partial charge in [-0.3, -0.25) is 4.48 Å². The first kappa shape index (κ1) is 16.2. The Morgan fingerprint density at radius 1 is 0.789 bits per heavy atom. The molecule has 1 rings (SSSR count). The van der Waals surface area contributed by atoms with Crippen molar-refractivity contribution in [3.63, 3.8) is 0 Å². The lowest BCUT2D eigenvalue weighted by molar-refractivity contribution is 0.265. The summed E-state index contributed by atoms with van der Waals surface area (Å²) in [5, 5.41) is 0. The van der Waals surface area contributed by atoms with Crippen LogP contribution in [-0.2, 0) is 0 Å². The summed E-state index contributed by atoms with van der Waals surface area (Å²) >= 11 is 0. The number of unbranched alkanes of at least 4 members (excludes halogenated alkanes) is 2. The smallest absolute Gasteiger partial charge is 0.135 e. The topological polar surface area (TPSA) is 0 Å². The molecular weight excluding hydrogens is 230 g/mol. The van der Waals surface area contributed by atoms with E-state index in [1.165, 1.54) is 61.8 Å². The van der Waals surface area contributed by atoms with Crippen LogP contribution in [0.15, 0.2) is 24.3 Å². The molecule has 19 heavy (non-hydrogen) atoms. The number of rotatable bonds is 9. The third-order valence-electron chi connectivity index (χ3n) is 4.12. The molecule has 0 N–H and O–H groups in total. The van der Waals surface area contributed by atoms with Crippen molar-refractivity contribution in [2.45, 2.75) is 59.8 Å². The van der Waals surface area contributed by atoms with Crippen molar-refractivity contribution < 1.29 is 0 Å². The fourth-order valence-corrected chi connectivity index (χ4v) is 3.31. The molecule has 0 amide bonds. The summed E-state index contributed by atoms with van der Waals surface area (Å²) in [6, 6.07) is 9.00. The van der Waals surface area contributed by atoms with Gasteiger partial charge < -0.3 is 0 Å². The van der Waals surface area contributed by atoms with E-state index >= 15 is 0 Å². The van der Waals surface area contributed by atoms with Gasteiger partial charge in [0.15, 0.2) is 0 Å². The second kappa shape index (κ2) is 8.37. The summed E-state index contributed by atoms with van der Waals surface area (Å²) in [6.45, 7) is 13.1. The molecule has 0 spiro atoms. The Labute approximate surface area is 120 Å². The van der Waals surface area contributed by atoms with Crippen molar-refractivity contribution >= 4 is 5.69 Å². The first-order valence-corrected chi connectivity index (χ1v) is 8.12. The summed E-state index contributed by atoms with van der Waals surface area (Å²) in [6.07, 6.45) is 6.55. The molecule has 0 aliphatic heterocycles. The van der Waals surface area contributed by atoms with E-state index in [2.05, 4.69) is 52.0 Å². The molecule has 1 heteroatoms. The Morgan fingerprint density at radius 3 is 1.95 bits per heavy atom. The minimum absolute atomic E-state index is 1.19. The maximum atomic E-state index is 2.35.